The number of oxazole rings is 1. The number of ether oxygens (including phenoxy) is 1. The Hall–Kier alpha value is -2.19. The van der Waals surface area contributed by atoms with E-state index in [1.54, 1.807) is 12.0 Å². The van der Waals surface area contributed by atoms with Crippen molar-refractivity contribution in [1.82, 2.24) is 24.3 Å². The number of hydrogen-bond acceptors (Lipinski definition) is 6. The van der Waals surface area contributed by atoms with Crippen LogP contribution in [0, 0.1) is 13.8 Å². The molecule has 2 aliphatic heterocycles. The number of likely N-dealkylation sites (tertiary alicyclic amines) is 1. The number of methoxy groups -OCH3 is 1. The van der Waals surface area contributed by atoms with Gasteiger partial charge in [-0.05, 0) is 20.3 Å². The van der Waals surface area contributed by atoms with Crippen LogP contribution in [0.15, 0.2) is 10.7 Å². The predicted octanol–water partition coefficient (Wildman–Crippen LogP) is 1.36. The third-order valence-corrected chi connectivity index (χ3v) is 5.44. The molecule has 2 aromatic rings. The lowest BCUT2D eigenvalue weighted by atomic mass is 10.3. The van der Waals surface area contributed by atoms with Gasteiger partial charge in [0, 0.05) is 39.0 Å². The molecule has 140 valence electrons. The number of imidazole rings is 1. The van der Waals surface area contributed by atoms with E-state index in [0.29, 0.717) is 31.2 Å². The highest BCUT2D eigenvalue weighted by atomic mass is 16.5. The van der Waals surface area contributed by atoms with Crippen molar-refractivity contribution in [2.45, 2.75) is 46.0 Å². The largest absolute Gasteiger partial charge is 0.447 e. The minimum atomic E-state index is -0.0965. The van der Waals surface area contributed by atoms with E-state index in [4.69, 9.17) is 9.15 Å². The van der Waals surface area contributed by atoms with Crippen LogP contribution >= 0.6 is 0 Å². The number of amides is 1. The third-order valence-electron chi connectivity index (χ3n) is 5.44. The van der Waals surface area contributed by atoms with Gasteiger partial charge in [0.2, 0.25) is 5.89 Å². The summed E-state index contributed by atoms with van der Waals surface area (Å²) in [6.07, 6.45) is 2.76. The highest BCUT2D eigenvalue weighted by molar-refractivity contribution is 5.92. The van der Waals surface area contributed by atoms with E-state index in [9.17, 15) is 4.79 Å². The summed E-state index contributed by atoms with van der Waals surface area (Å²) in [6, 6.07) is 0. The van der Waals surface area contributed by atoms with Gasteiger partial charge in [-0.2, -0.15) is 0 Å². The quantitative estimate of drug-likeness (QED) is 0.820. The zero-order chi connectivity index (χ0) is 18.3. The summed E-state index contributed by atoms with van der Waals surface area (Å²) >= 11 is 0. The molecule has 1 amide bonds. The van der Waals surface area contributed by atoms with Crippen LogP contribution in [0.3, 0.4) is 0 Å². The van der Waals surface area contributed by atoms with Crippen LogP contribution in [-0.4, -0.2) is 63.1 Å². The molecule has 0 aliphatic carbocycles. The first-order valence-electron chi connectivity index (χ1n) is 9.06. The minimum Gasteiger partial charge on any atom is -0.447 e. The van der Waals surface area contributed by atoms with Gasteiger partial charge in [-0.1, -0.05) is 0 Å². The van der Waals surface area contributed by atoms with Crippen molar-refractivity contribution in [2.24, 2.45) is 0 Å². The van der Waals surface area contributed by atoms with E-state index < -0.39 is 0 Å². The molecule has 0 radical (unpaired) electrons. The van der Waals surface area contributed by atoms with Crippen molar-refractivity contribution < 1.29 is 13.9 Å². The second-order valence-electron chi connectivity index (χ2n) is 7.09. The Labute approximate surface area is 152 Å². The predicted molar refractivity (Wildman–Crippen MR) is 93.6 cm³/mol. The van der Waals surface area contributed by atoms with Crippen molar-refractivity contribution in [3.05, 3.63) is 35.1 Å². The van der Waals surface area contributed by atoms with E-state index >= 15 is 0 Å². The Kier molecular flexibility index (Phi) is 4.54. The lowest BCUT2D eigenvalue weighted by Gasteiger charge is -2.27. The fourth-order valence-electron chi connectivity index (χ4n) is 3.75. The molecule has 1 saturated heterocycles. The molecule has 0 N–H and O–H groups in total. The summed E-state index contributed by atoms with van der Waals surface area (Å²) in [7, 11) is 1.74. The van der Waals surface area contributed by atoms with E-state index in [2.05, 4.69) is 26.4 Å². The fraction of sp³-hybridized carbons (Fsp3) is 0.611. The third kappa shape index (κ3) is 3.14. The van der Waals surface area contributed by atoms with Crippen molar-refractivity contribution >= 4 is 5.91 Å². The highest BCUT2D eigenvalue weighted by Crippen LogP contribution is 2.20. The topological polar surface area (TPSA) is 76.6 Å². The van der Waals surface area contributed by atoms with E-state index in [-0.39, 0.29) is 12.0 Å². The maximum absolute atomic E-state index is 12.8. The first-order chi connectivity index (χ1) is 12.5. The van der Waals surface area contributed by atoms with Crippen LogP contribution in [0.5, 0.6) is 0 Å². The van der Waals surface area contributed by atoms with Gasteiger partial charge < -0.3 is 18.6 Å². The summed E-state index contributed by atoms with van der Waals surface area (Å²) in [5.41, 5.74) is 2.57. The molecule has 8 nitrogen and oxygen atoms in total. The number of fused-ring (bicyclic) bond motifs is 1. The number of carbonyl (C=O) groups is 1. The van der Waals surface area contributed by atoms with Crippen LogP contribution in [-0.2, 0) is 24.4 Å². The molecule has 0 aromatic carbocycles. The lowest BCUT2D eigenvalue weighted by molar-refractivity contribution is 0.0700. The van der Waals surface area contributed by atoms with Crippen molar-refractivity contribution in [2.75, 3.05) is 26.7 Å². The van der Waals surface area contributed by atoms with Gasteiger partial charge in [-0.3, -0.25) is 9.69 Å². The van der Waals surface area contributed by atoms with Crippen molar-refractivity contribution in [3.8, 4) is 0 Å². The van der Waals surface area contributed by atoms with Crippen LogP contribution < -0.4 is 0 Å². The van der Waals surface area contributed by atoms with Gasteiger partial charge >= 0.3 is 0 Å². The number of hydrogen-bond donors (Lipinski definition) is 0. The summed E-state index contributed by atoms with van der Waals surface area (Å²) in [6.45, 7) is 8.44. The zero-order valence-electron chi connectivity index (χ0n) is 15.6. The van der Waals surface area contributed by atoms with Crippen LogP contribution in [0.25, 0.3) is 0 Å². The monoisotopic (exact) mass is 359 g/mol. The Bertz CT molecular complexity index is 812. The zero-order valence-corrected chi connectivity index (χ0v) is 15.6. The summed E-state index contributed by atoms with van der Waals surface area (Å²) in [4.78, 5) is 25.8. The first kappa shape index (κ1) is 17.2. The van der Waals surface area contributed by atoms with Crippen LogP contribution in [0.2, 0.25) is 0 Å². The maximum atomic E-state index is 12.8. The molecule has 1 fully saturated rings. The Balaban J connectivity index is 1.41. The molecule has 2 aromatic heterocycles. The van der Waals surface area contributed by atoms with Crippen LogP contribution in [0.4, 0.5) is 0 Å². The van der Waals surface area contributed by atoms with E-state index in [0.717, 1.165) is 37.6 Å². The normalized spacial score (nSPS) is 20.6. The minimum absolute atomic E-state index is 0.0965. The average Bonchev–Trinajstić information content (AvgIpc) is 3.35. The summed E-state index contributed by atoms with van der Waals surface area (Å²) in [5.74, 6) is 1.42. The van der Waals surface area contributed by atoms with Crippen molar-refractivity contribution in [3.63, 3.8) is 0 Å². The van der Waals surface area contributed by atoms with Gasteiger partial charge in [-0.25, -0.2) is 9.97 Å². The number of carbonyl (C=O) groups excluding carboxylic acids is 1. The summed E-state index contributed by atoms with van der Waals surface area (Å²) in [5, 5.41) is 0. The standard InChI is InChI=1S/C18H25N5O3/c1-12-13(2)23-7-6-22(9-16(23)19-12)18(24)15-11-26-17(20-15)10-21-5-4-14(8-21)25-3/h11,14H,4-10H2,1-3H3/t14-/m0/s1. The highest BCUT2D eigenvalue weighted by Gasteiger charge is 2.27. The Morgan fingerprint density at radius 2 is 2.15 bits per heavy atom. The average molecular weight is 359 g/mol. The van der Waals surface area contributed by atoms with Crippen LogP contribution in [0.1, 0.15) is 40.0 Å². The molecule has 4 rings (SSSR count). The molecule has 1 atom stereocenters. The molecule has 0 spiro atoms. The smallest absolute Gasteiger partial charge is 0.276 e. The molecular formula is C18H25N5O3. The molecule has 0 bridgehead atoms. The Morgan fingerprint density at radius 1 is 1.31 bits per heavy atom. The number of nitrogens with zero attached hydrogens (tertiary/aromatic N) is 5. The van der Waals surface area contributed by atoms with E-state index in [1.165, 1.54) is 12.0 Å². The second-order valence-corrected chi connectivity index (χ2v) is 7.09. The lowest BCUT2D eigenvalue weighted by Crippen LogP contribution is -2.38. The molecule has 2 aliphatic rings. The van der Waals surface area contributed by atoms with Gasteiger partial charge in [0.25, 0.3) is 5.91 Å². The molecule has 0 unspecified atom stereocenters. The van der Waals surface area contributed by atoms with Gasteiger partial charge in [-0.15, -0.1) is 0 Å². The molecule has 0 saturated carbocycles. The number of aromatic nitrogens is 3. The fourth-order valence-corrected chi connectivity index (χ4v) is 3.75. The molecule has 8 heteroatoms. The number of aryl methyl sites for hydroxylation is 1. The van der Waals surface area contributed by atoms with Crippen molar-refractivity contribution in [1.29, 1.82) is 0 Å². The molecular weight excluding hydrogens is 334 g/mol. The first-order valence-corrected chi connectivity index (χ1v) is 9.06. The van der Waals surface area contributed by atoms with E-state index in [1.807, 2.05) is 6.92 Å². The maximum Gasteiger partial charge on any atom is 0.276 e. The summed E-state index contributed by atoms with van der Waals surface area (Å²) < 4.78 is 13.1. The number of rotatable bonds is 4. The Morgan fingerprint density at radius 3 is 2.92 bits per heavy atom. The van der Waals surface area contributed by atoms with Gasteiger partial charge in [0.15, 0.2) is 5.69 Å². The SMILES string of the molecule is CO[C@H]1CCN(Cc2nc(C(=O)N3CCn4c(nc(C)c4C)C3)co2)C1. The van der Waals surface area contributed by atoms with Gasteiger partial charge in [0.1, 0.15) is 12.1 Å². The molecule has 26 heavy (non-hydrogen) atoms. The van der Waals surface area contributed by atoms with Gasteiger partial charge in [0.05, 0.1) is 24.9 Å². The second kappa shape index (κ2) is 6.85. The molecule has 4 heterocycles.